The van der Waals surface area contributed by atoms with E-state index in [2.05, 4.69) is 20.4 Å². The third-order valence-electron chi connectivity index (χ3n) is 5.07. The van der Waals surface area contributed by atoms with Crippen LogP contribution in [-0.4, -0.2) is 32.8 Å². The minimum absolute atomic E-state index is 0.101. The molecule has 33 heavy (non-hydrogen) atoms. The largest absolute Gasteiger partial charge is 0.494 e. The van der Waals surface area contributed by atoms with Crippen LogP contribution in [0.1, 0.15) is 16.2 Å². The smallest absolute Gasteiger partial charge is 0.276 e. The molecule has 5 aromatic rings. The quantitative estimate of drug-likeness (QED) is 0.388. The van der Waals surface area contributed by atoms with Crippen LogP contribution >= 0.6 is 11.3 Å². The number of aryl methyl sites for hydroxylation is 1. The normalized spacial score (nSPS) is 11.0. The molecule has 164 valence electrons. The number of anilines is 1. The van der Waals surface area contributed by atoms with Gasteiger partial charge in [0, 0.05) is 23.0 Å². The van der Waals surface area contributed by atoms with Crippen LogP contribution < -0.4 is 10.1 Å². The Balaban J connectivity index is 1.56. The fourth-order valence-electron chi connectivity index (χ4n) is 3.47. The summed E-state index contributed by atoms with van der Waals surface area (Å²) in [5.41, 5.74) is 5.57. The molecule has 0 aliphatic carbocycles. The summed E-state index contributed by atoms with van der Waals surface area (Å²) in [6, 6.07) is 17.4. The number of nitrogens with one attached hydrogen (secondary N) is 1. The molecular weight excluding hydrogens is 441 g/mol. The maximum atomic E-state index is 14.0. The van der Waals surface area contributed by atoms with Gasteiger partial charge in [0.25, 0.3) is 5.91 Å². The van der Waals surface area contributed by atoms with Crippen molar-refractivity contribution in [3.63, 3.8) is 0 Å². The number of fused-ring (bicyclic) bond motifs is 1. The van der Waals surface area contributed by atoms with Gasteiger partial charge in [0.2, 0.25) is 0 Å². The first-order valence-electron chi connectivity index (χ1n) is 10.0. The number of benzene rings is 2. The lowest BCUT2D eigenvalue weighted by molar-refractivity contribution is 0.102. The van der Waals surface area contributed by atoms with E-state index >= 15 is 0 Å². The van der Waals surface area contributed by atoms with E-state index in [0.717, 1.165) is 21.5 Å². The lowest BCUT2D eigenvalue weighted by Crippen LogP contribution is -2.13. The van der Waals surface area contributed by atoms with Crippen molar-refractivity contribution in [1.29, 1.82) is 0 Å². The average molecular weight is 460 g/mol. The van der Waals surface area contributed by atoms with E-state index < -0.39 is 11.7 Å². The van der Waals surface area contributed by atoms with Gasteiger partial charge in [0.05, 0.1) is 28.5 Å². The molecule has 3 aromatic heterocycles. The molecule has 5 rings (SSSR count). The molecule has 2 aromatic carbocycles. The van der Waals surface area contributed by atoms with E-state index in [0.29, 0.717) is 17.2 Å². The fraction of sp³-hybridized carbons (Fsp3) is 0.0833. The maximum absolute atomic E-state index is 14.0. The molecule has 0 atom stereocenters. The number of carbonyl (C=O) groups is 1. The second kappa shape index (κ2) is 8.44. The fourth-order valence-corrected chi connectivity index (χ4v) is 4.19. The van der Waals surface area contributed by atoms with Gasteiger partial charge in [-0.05, 0) is 49.4 Å². The van der Waals surface area contributed by atoms with Crippen molar-refractivity contribution in [3.8, 4) is 22.8 Å². The Morgan fingerprint density at radius 2 is 2.00 bits per heavy atom. The summed E-state index contributed by atoms with van der Waals surface area (Å²) in [7, 11) is 1.38. The maximum Gasteiger partial charge on any atom is 0.276 e. The van der Waals surface area contributed by atoms with E-state index in [1.165, 1.54) is 30.6 Å². The zero-order valence-corrected chi connectivity index (χ0v) is 18.6. The number of hydrogen-bond acceptors (Lipinski definition) is 6. The molecule has 9 heteroatoms. The van der Waals surface area contributed by atoms with Crippen molar-refractivity contribution in [2.75, 3.05) is 12.4 Å². The van der Waals surface area contributed by atoms with Crippen molar-refractivity contribution in [3.05, 3.63) is 83.4 Å². The van der Waals surface area contributed by atoms with E-state index in [1.54, 1.807) is 22.3 Å². The highest BCUT2D eigenvalue weighted by atomic mass is 32.1. The molecule has 0 aliphatic rings. The average Bonchev–Trinajstić information content (AvgIpc) is 3.46. The first-order chi connectivity index (χ1) is 16.0. The molecule has 0 aliphatic heterocycles. The summed E-state index contributed by atoms with van der Waals surface area (Å²) in [6.45, 7) is 1.89. The SMILES string of the molecule is COc1ccc(NC(=O)c2cc(-c3ccc4ncsc4c3)n(-c3cccc(C)n3)n2)cc1F. The summed E-state index contributed by atoms with van der Waals surface area (Å²) < 4.78 is 21.6. The Hall–Kier alpha value is -4.11. The van der Waals surface area contributed by atoms with Gasteiger partial charge in [-0.1, -0.05) is 12.1 Å². The molecule has 0 radical (unpaired) electrons. The van der Waals surface area contributed by atoms with E-state index in [-0.39, 0.29) is 11.4 Å². The third kappa shape index (κ3) is 4.06. The van der Waals surface area contributed by atoms with Crippen molar-refractivity contribution in [2.24, 2.45) is 0 Å². The number of aromatic nitrogens is 4. The predicted octanol–water partition coefficient (Wildman–Crippen LogP) is 5.25. The standard InChI is InChI=1S/C24H18FN5O2S/c1-14-4-3-5-23(27-14)30-20(15-6-8-18-22(10-15)33-13-26-18)12-19(29-30)24(31)28-16-7-9-21(32-2)17(25)11-16/h3-13H,1-2H3,(H,28,31). The molecule has 0 unspecified atom stereocenters. The number of pyridine rings is 1. The van der Waals surface area contributed by atoms with Gasteiger partial charge in [0.1, 0.15) is 0 Å². The Bertz CT molecular complexity index is 1490. The van der Waals surface area contributed by atoms with Gasteiger partial charge in [-0.15, -0.1) is 11.3 Å². The summed E-state index contributed by atoms with van der Waals surface area (Å²) in [5, 5.41) is 7.22. The first-order valence-corrected chi connectivity index (χ1v) is 10.9. The number of nitrogens with zero attached hydrogens (tertiary/aromatic N) is 4. The van der Waals surface area contributed by atoms with Crippen LogP contribution in [0.2, 0.25) is 0 Å². The first kappa shape index (κ1) is 20.8. The van der Waals surface area contributed by atoms with Crippen LogP contribution in [0, 0.1) is 12.7 Å². The molecule has 3 heterocycles. The minimum Gasteiger partial charge on any atom is -0.494 e. The van der Waals surface area contributed by atoms with E-state index in [9.17, 15) is 9.18 Å². The summed E-state index contributed by atoms with van der Waals surface area (Å²) >= 11 is 1.54. The lowest BCUT2D eigenvalue weighted by atomic mass is 10.1. The predicted molar refractivity (Wildman–Crippen MR) is 126 cm³/mol. The van der Waals surface area contributed by atoms with Gasteiger partial charge < -0.3 is 10.1 Å². The van der Waals surface area contributed by atoms with Gasteiger partial charge in [-0.3, -0.25) is 4.79 Å². The van der Waals surface area contributed by atoms with Gasteiger partial charge in [0.15, 0.2) is 23.1 Å². The monoisotopic (exact) mass is 459 g/mol. The van der Waals surface area contributed by atoms with Crippen LogP contribution in [0.3, 0.4) is 0 Å². The number of hydrogen-bond donors (Lipinski definition) is 1. The van der Waals surface area contributed by atoms with Crippen LogP contribution in [0.4, 0.5) is 10.1 Å². The molecule has 0 bridgehead atoms. The number of rotatable bonds is 5. The molecule has 0 saturated carbocycles. The molecule has 7 nitrogen and oxygen atoms in total. The molecule has 1 amide bonds. The Labute approximate surface area is 192 Å². The number of carbonyl (C=O) groups excluding carboxylic acids is 1. The highest BCUT2D eigenvalue weighted by molar-refractivity contribution is 7.16. The zero-order valence-electron chi connectivity index (χ0n) is 17.7. The van der Waals surface area contributed by atoms with Crippen molar-refractivity contribution in [1.82, 2.24) is 19.7 Å². The number of ether oxygens (including phenoxy) is 1. The molecule has 0 saturated heterocycles. The number of methoxy groups -OCH3 is 1. The van der Waals surface area contributed by atoms with E-state index in [1.807, 2.05) is 43.3 Å². The van der Waals surface area contributed by atoms with Gasteiger partial charge in [-0.2, -0.15) is 5.10 Å². The topological polar surface area (TPSA) is 81.9 Å². The third-order valence-corrected chi connectivity index (χ3v) is 5.86. The van der Waals surface area contributed by atoms with Gasteiger partial charge >= 0.3 is 0 Å². The summed E-state index contributed by atoms with van der Waals surface area (Å²) in [4.78, 5) is 21.9. The Morgan fingerprint density at radius 1 is 1.12 bits per heavy atom. The molecule has 1 N–H and O–H groups in total. The Kier molecular flexibility index (Phi) is 5.31. The van der Waals surface area contributed by atoms with Crippen molar-refractivity contribution >= 4 is 33.1 Å². The molecular formula is C24H18FN5O2S. The number of halogens is 1. The Morgan fingerprint density at radius 3 is 2.79 bits per heavy atom. The van der Waals surface area contributed by atoms with Gasteiger partial charge in [-0.25, -0.2) is 19.0 Å². The van der Waals surface area contributed by atoms with Crippen LogP contribution in [0.15, 0.2) is 66.2 Å². The summed E-state index contributed by atoms with van der Waals surface area (Å²) in [6.07, 6.45) is 0. The second-order valence-electron chi connectivity index (χ2n) is 7.30. The highest BCUT2D eigenvalue weighted by Crippen LogP contribution is 2.29. The summed E-state index contributed by atoms with van der Waals surface area (Å²) in [5.74, 6) is -0.345. The molecule has 0 spiro atoms. The van der Waals surface area contributed by atoms with Crippen LogP contribution in [0.5, 0.6) is 5.75 Å². The number of thiazole rings is 1. The highest BCUT2D eigenvalue weighted by Gasteiger charge is 2.19. The van der Waals surface area contributed by atoms with Crippen molar-refractivity contribution in [2.45, 2.75) is 6.92 Å². The van der Waals surface area contributed by atoms with Crippen LogP contribution in [0.25, 0.3) is 27.3 Å². The minimum atomic E-state index is -0.566. The second-order valence-corrected chi connectivity index (χ2v) is 8.19. The zero-order chi connectivity index (χ0) is 22.9. The van der Waals surface area contributed by atoms with E-state index in [4.69, 9.17) is 4.74 Å². The molecule has 0 fully saturated rings. The van der Waals surface area contributed by atoms with Crippen molar-refractivity contribution < 1.29 is 13.9 Å². The lowest BCUT2D eigenvalue weighted by Gasteiger charge is -2.07. The van der Waals surface area contributed by atoms with Crippen LogP contribution in [-0.2, 0) is 0 Å². The number of amides is 1.